The van der Waals surface area contributed by atoms with Gasteiger partial charge < -0.3 is 10.1 Å². The molecule has 0 aliphatic heterocycles. The first-order chi connectivity index (χ1) is 13.2. The predicted octanol–water partition coefficient (Wildman–Crippen LogP) is 4.94. The molecule has 3 nitrogen and oxygen atoms in total. The van der Waals surface area contributed by atoms with Crippen molar-refractivity contribution in [2.24, 2.45) is 0 Å². The Labute approximate surface area is 160 Å². The molecule has 0 aromatic heterocycles. The van der Waals surface area contributed by atoms with Gasteiger partial charge in [-0.3, -0.25) is 4.79 Å². The molecule has 3 rings (SSSR count). The summed E-state index contributed by atoms with van der Waals surface area (Å²) < 4.78 is 5.37. The first-order valence-corrected chi connectivity index (χ1v) is 8.91. The molecule has 1 N–H and O–H groups in total. The third kappa shape index (κ3) is 4.45. The Balaban J connectivity index is 1.91. The summed E-state index contributed by atoms with van der Waals surface area (Å²) in [6.07, 6.45) is 2.45. The van der Waals surface area contributed by atoms with Gasteiger partial charge in [0.2, 0.25) is 0 Å². The minimum absolute atomic E-state index is 0.124. The molecule has 0 fully saturated rings. The van der Waals surface area contributed by atoms with Crippen molar-refractivity contribution in [3.8, 4) is 5.75 Å². The van der Waals surface area contributed by atoms with Crippen LogP contribution < -0.4 is 10.1 Å². The lowest BCUT2D eigenvalue weighted by molar-refractivity contribution is 0.0943. The summed E-state index contributed by atoms with van der Waals surface area (Å²) in [6, 6.07) is 25.2. The minimum atomic E-state index is -0.218. The van der Waals surface area contributed by atoms with Crippen molar-refractivity contribution < 1.29 is 9.53 Å². The molecule has 27 heavy (non-hydrogen) atoms. The molecule has 0 aliphatic rings. The number of rotatable bonds is 7. The molecule has 0 saturated carbocycles. The SMILES string of the molecule is C=CCc1cc(C(=O)NC(c2ccccc2)c2ccccc2)ccc1OC. The Bertz CT molecular complexity index is 865. The lowest BCUT2D eigenvalue weighted by atomic mass is 9.98. The zero-order valence-electron chi connectivity index (χ0n) is 15.4. The highest BCUT2D eigenvalue weighted by Crippen LogP contribution is 2.24. The number of allylic oxidation sites excluding steroid dienone is 1. The van der Waals surface area contributed by atoms with Crippen LogP contribution in [0.5, 0.6) is 5.75 Å². The largest absolute Gasteiger partial charge is 0.496 e. The van der Waals surface area contributed by atoms with Gasteiger partial charge in [0.1, 0.15) is 5.75 Å². The van der Waals surface area contributed by atoms with E-state index in [1.807, 2.05) is 72.8 Å². The van der Waals surface area contributed by atoms with Gasteiger partial charge in [-0.25, -0.2) is 0 Å². The highest BCUT2D eigenvalue weighted by molar-refractivity contribution is 5.95. The summed E-state index contributed by atoms with van der Waals surface area (Å²) in [7, 11) is 1.63. The van der Waals surface area contributed by atoms with Crippen molar-refractivity contribution >= 4 is 5.91 Å². The summed E-state index contributed by atoms with van der Waals surface area (Å²) in [5.41, 5.74) is 3.62. The van der Waals surface area contributed by atoms with Crippen molar-refractivity contribution in [2.45, 2.75) is 12.5 Å². The molecule has 3 aromatic rings. The highest BCUT2D eigenvalue weighted by atomic mass is 16.5. The van der Waals surface area contributed by atoms with E-state index in [0.29, 0.717) is 12.0 Å². The normalized spacial score (nSPS) is 10.4. The van der Waals surface area contributed by atoms with Gasteiger partial charge >= 0.3 is 0 Å². The Morgan fingerprint density at radius 1 is 1.00 bits per heavy atom. The second-order valence-electron chi connectivity index (χ2n) is 6.25. The topological polar surface area (TPSA) is 38.3 Å². The maximum atomic E-state index is 13.0. The molecule has 136 valence electrons. The summed E-state index contributed by atoms with van der Waals surface area (Å²) in [4.78, 5) is 13.0. The van der Waals surface area contributed by atoms with Crippen LogP contribution in [0.2, 0.25) is 0 Å². The Hall–Kier alpha value is -3.33. The molecule has 0 saturated heterocycles. The maximum absolute atomic E-state index is 13.0. The van der Waals surface area contributed by atoms with E-state index < -0.39 is 0 Å². The third-order valence-corrected chi connectivity index (χ3v) is 4.45. The van der Waals surface area contributed by atoms with Gasteiger partial charge in [-0.05, 0) is 41.3 Å². The van der Waals surface area contributed by atoms with Crippen LogP contribution in [-0.4, -0.2) is 13.0 Å². The van der Waals surface area contributed by atoms with Gasteiger partial charge in [-0.1, -0.05) is 66.7 Å². The second kappa shape index (κ2) is 8.86. The van der Waals surface area contributed by atoms with E-state index in [9.17, 15) is 4.79 Å². The van der Waals surface area contributed by atoms with Crippen molar-refractivity contribution in [2.75, 3.05) is 7.11 Å². The van der Waals surface area contributed by atoms with Crippen LogP contribution in [0.4, 0.5) is 0 Å². The number of amides is 1. The minimum Gasteiger partial charge on any atom is -0.496 e. The maximum Gasteiger partial charge on any atom is 0.252 e. The van der Waals surface area contributed by atoms with Crippen LogP contribution >= 0.6 is 0 Å². The zero-order valence-corrected chi connectivity index (χ0v) is 15.4. The molecular formula is C24H23NO2. The summed E-state index contributed by atoms with van der Waals surface area (Å²) in [5, 5.41) is 3.17. The average Bonchev–Trinajstić information content (AvgIpc) is 2.73. The fourth-order valence-electron chi connectivity index (χ4n) is 3.10. The number of ether oxygens (including phenoxy) is 1. The molecule has 0 unspecified atom stereocenters. The highest BCUT2D eigenvalue weighted by Gasteiger charge is 2.18. The molecule has 3 heteroatoms. The van der Waals surface area contributed by atoms with E-state index in [-0.39, 0.29) is 11.9 Å². The van der Waals surface area contributed by atoms with Crippen LogP contribution in [0, 0.1) is 0 Å². The van der Waals surface area contributed by atoms with E-state index in [1.54, 1.807) is 19.3 Å². The van der Waals surface area contributed by atoms with E-state index in [0.717, 1.165) is 22.4 Å². The molecule has 0 spiro atoms. The van der Waals surface area contributed by atoms with E-state index in [2.05, 4.69) is 11.9 Å². The van der Waals surface area contributed by atoms with Crippen LogP contribution in [0.3, 0.4) is 0 Å². The number of hydrogen-bond acceptors (Lipinski definition) is 2. The van der Waals surface area contributed by atoms with Gasteiger partial charge in [-0.2, -0.15) is 0 Å². The van der Waals surface area contributed by atoms with E-state index in [1.165, 1.54) is 0 Å². The van der Waals surface area contributed by atoms with Crippen molar-refractivity contribution in [1.82, 2.24) is 5.32 Å². The summed E-state index contributed by atoms with van der Waals surface area (Å²) >= 11 is 0. The summed E-state index contributed by atoms with van der Waals surface area (Å²) in [5.74, 6) is 0.634. The van der Waals surface area contributed by atoms with Gasteiger partial charge in [0, 0.05) is 5.56 Å². The molecule has 1 amide bonds. The molecule has 0 atom stereocenters. The monoisotopic (exact) mass is 357 g/mol. The van der Waals surface area contributed by atoms with Gasteiger partial charge in [0.15, 0.2) is 0 Å². The number of carbonyl (C=O) groups excluding carboxylic acids is 1. The lowest BCUT2D eigenvalue weighted by Gasteiger charge is -2.20. The first kappa shape index (κ1) is 18.5. The van der Waals surface area contributed by atoms with Gasteiger partial charge in [0.25, 0.3) is 5.91 Å². The fourth-order valence-corrected chi connectivity index (χ4v) is 3.10. The average molecular weight is 357 g/mol. The van der Waals surface area contributed by atoms with Crippen LogP contribution in [0.15, 0.2) is 91.5 Å². The zero-order chi connectivity index (χ0) is 19.1. The van der Waals surface area contributed by atoms with Crippen molar-refractivity contribution in [3.05, 3.63) is 114 Å². The van der Waals surface area contributed by atoms with Gasteiger partial charge in [-0.15, -0.1) is 6.58 Å². The molecule has 3 aromatic carbocycles. The predicted molar refractivity (Wildman–Crippen MR) is 109 cm³/mol. The number of benzene rings is 3. The quantitative estimate of drug-likeness (QED) is 0.608. The molecule has 0 heterocycles. The van der Waals surface area contributed by atoms with Crippen molar-refractivity contribution in [1.29, 1.82) is 0 Å². The molecule has 0 aliphatic carbocycles. The molecule has 0 radical (unpaired) electrons. The smallest absolute Gasteiger partial charge is 0.252 e. The van der Waals surface area contributed by atoms with Crippen LogP contribution in [0.25, 0.3) is 0 Å². The van der Waals surface area contributed by atoms with Gasteiger partial charge in [0.05, 0.1) is 13.2 Å². The van der Waals surface area contributed by atoms with E-state index >= 15 is 0 Å². The fraction of sp³-hybridized carbons (Fsp3) is 0.125. The van der Waals surface area contributed by atoms with Crippen LogP contribution in [0.1, 0.15) is 33.1 Å². The number of nitrogens with one attached hydrogen (secondary N) is 1. The molecule has 0 bridgehead atoms. The second-order valence-corrected chi connectivity index (χ2v) is 6.25. The lowest BCUT2D eigenvalue weighted by Crippen LogP contribution is -2.29. The standard InChI is InChI=1S/C24H23NO2/c1-3-10-20-17-21(15-16-22(20)27-2)24(26)25-23(18-11-6-4-7-12-18)19-13-8-5-9-14-19/h3-9,11-17,23H,1,10H2,2H3,(H,25,26). The Morgan fingerprint density at radius 2 is 1.59 bits per heavy atom. The van der Waals surface area contributed by atoms with E-state index in [4.69, 9.17) is 4.74 Å². The van der Waals surface area contributed by atoms with Crippen molar-refractivity contribution in [3.63, 3.8) is 0 Å². The third-order valence-electron chi connectivity index (χ3n) is 4.45. The number of carbonyl (C=O) groups is 1. The Morgan fingerprint density at radius 3 is 2.11 bits per heavy atom. The molecular weight excluding hydrogens is 334 g/mol. The van der Waals surface area contributed by atoms with Crippen LogP contribution in [-0.2, 0) is 6.42 Å². The number of methoxy groups -OCH3 is 1. The summed E-state index contributed by atoms with van der Waals surface area (Å²) in [6.45, 7) is 3.78. The number of hydrogen-bond donors (Lipinski definition) is 1. The Kier molecular flexibility index (Phi) is 6.06. The first-order valence-electron chi connectivity index (χ1n) is 8.91.